The second-order valence-corrected chi connectivity index (χ2v) is 5.75. The SMILES string of the molecule is CCCCCNC(=O)c1ccc(NCc2ccccc2Cl)cn1. The van der Waals surface area contributed by atoms with Gasteiger partial charge in [-0.05, 0) is 30.2 Å². The summed E-state index contributed by atoms with van der Waals surface area (Å²) in [5.74, 6) is -0.126. The Bertz CT molecular complexity index is 628. The first-order valence-electron chi connectivity index (χ1n) is 7.92. The Balaban J connectivity index is 1.84. The summed E-state index contributed by atoms with van der Waals surface area (Å²) in [5.41, 5.74) is 2.31. The molecule has 0 unspecified atom stereocenters. The van der Waals surface area contributed by atoms with E-state index in [1.54, 1.807) is 12.3 Å². The van der Waals surface area contributed by atoms with Crippen LogP contribution < -0.4 is 10.6 Å². The molecule has 2 N–H and O–H groups in total. The number of amides is 1. The topological polar surface area (TPSA) is 54.0 Å². The maximum Gasteiger partial charge on any atom is 0.269 e. The van der Waals surface area contributed by atoms with Gasteiger partial charge >= 0.3 is 0 Å². The summed E-state index contributed by atoms with van der Waals surface area (Å²) >= 11 is 6.12. The number of unbranched alkanes of at least 4 members (excludes halogenated alkanes) is 2. The third-order valence-electron chi connectivity index (χ3n) is 3.50. The number of pyridine rings is 1. The lowest BCUT2D eigenvalue weighted by Crippen LogP contribution is -2.25. The first-order valence-corrected chi connectivity index (χ1v) is 8.30. The van der Waals surface area contributed by atoms with Crippen LogP contribution in [-0.2, 0) is 6.54 Å². The molecule has 1 heterocycles. The number of nitrogens with one attached hydrogen (secondary N) is 2. The maximum atomic E-state index is 11.9. The molecule has 23 heavy (non-hydrogen) atoms. The van der Waals surface area contributed by atoms with Gasteiger partial charge in [0.25, 0.3) is 5.91 Å². The molecule has 0 saturated carbocycles. The van der Waals surface area contributed by atoms with E-state index < -0.39 is 0 Å². The van der Waals surface area contributed by atoms with Crippen LogP contribution in [0.1, 0.15) is 42.2 Å². The van der Waals surface area contributed by atoms with Crippen molar-refractivity contribution in [3.05, 3.63) is 58.9 Å². The standard InChI is InChI=1S/C18H22ClN3O/c1-2-3-6-11-20-18(23)17-10-9-15(13-22-17)21-12-14-7-4-5-8-16(14)19/h4-5,7-10,13,21H,2-3,6,11-12H2,1H3,(H,20,23). The first kappa shape index (κ1) is 17.3. The minimum Gasteiger partial charge on any atom is -0.380 e. The molecule has 0 saturated heterocycles. The van der Waals surface area contributed by atoms with Crippen LogP contribution >= 0.6 is 11.6 Å². The molecule has 0 aliphatic rings. The van der Waals surface area contributed by atoms with E-state index in [-0.39, 0.29) is 5.91 Å². The summed E-state index contributed by atoms with van der Waals surface area (Å²) in [6, 6.07) is 11.3. The zero-order chi connectivity index (χ0) is 16.5. The Morgan fingerprint density at radius 1 is 1.17 bits per heavy atom. The maximum absolute atomic E-state index is 11.9. The first-order chi connectivity index (χ1) is 11.2. The van der Waals surface area contributed by atoms with Crippen molar-refractivity contribution in [1.29, 1.82) is 0 Å². The van der Waals surface area contributed by atoms with Gasteiger partial charge in [0.1, 0.15) is 5.69 Å². The fraction of sp³-hybridized carbons (Fsp3) is 0.333. The zero-order valence-electron chi connectivity index (χ0n) is 13.3. The molecule has 0 spiro atoms. The molecule has 0 radical (unpaired) electrons. The molecule has 0 aliphatic carbocycles. The van der Waals surface area contributed by atoms with Gasteiger partial charge in [-0.15, -0.1) is 0 Å². The van der Waals surface area contributed by atoms with E-state index in [1.165, 1.54) is 0 Å². The van der Waals surface area contributed by atoms with Crippen molar-refractivity contribution in [1.82, 2.24) is 10.3 Å². The van der Waals surface area contributed by atoms with Crippen LogP contribution in [0.25, 0.3) is 0 Å². The highest BCUT2D eigenvalue weighted by Crippen LogP contribution is 2.16. The second-order valence-electron chi connectivity index (χ2n) is 5.34. The number of rotatable bonds is 8. The number of benzene rings is 1. The van der Waals surface area contributed by atoms with Gasteiger partial charge in [-0.25, -0.2) is 4.98 Å². The third-order valence-corrected chi connectivity index (χ3v) is 3.87. The van der Waals surface area contributed by atoms with Crippen molar-refractivity contribution in [3.8, 4) is 0 Å². The van der Waals surface area contributed by atoms with Crippen molar-refractivity contribution >= 4 is 23.2 Å². The van der Waals surface area contributed by atoms with Crippen molar-refractivity contribution in [2.75, 3.05) is 11.9 Å². The van der Waals surface area contributed by atoms with Gasteiger partial charge in [0.05, 0.1) is 11.9 Å². The van der Waals surface area contributed by atoms with E-state index >= 15 is 0 Å². The molecule has 5 heteroatoms. The lowest BCUT2D eigenvalue weighted by atomic mass is 10.2. The summed E-state index contributed by atoms with van der Waals surface area (Å²) in [7, 11) is 0. The number of nitrogens with zero attached hydrogens (tertiary/aromatic N) is 1. The number of hydrogen-bond donors (Lipinski definition) is 2. The van der Waals surface area contributed by atoms with E-state index in [2.05, 4.69) is 22.5 Å². The zero-order valence-corrected chi connectivity index (χ0v) is 14.1. The Morgan fingerprint density at radius 2 is 2.00 bits per heavy atom. The van der Waals surface area contributed by atoms with E-state index in [1.807, 2.05) is 30.3 Å². The lowest BCUT2D eigenvalue weighted by molar-refractivity contribution is 0.0948. The molecule has 2 aromatic rings. The van der Waals surface area contributed by atoms with E-state index in [0.717, 1.165) is 35.5 Å². The van der Waals surface area contributed by atoms with Gasteiger partial charge in [0, 0.05) is 18.1 Å². The number of carbonyl (C=O) groups excluding carboxylic acids is 1. The van der Waals surface area contributed by atoms with Gasteiger partial charge < -0.3 is 10.6 Å². The number of halogens is 1. The minimum absolute atomic E-state index is 0.126. The number of anilines is 1. The average Bonchev–Trinajstić information content (AvgIpc) is 2.58. The Morgan fingerprint density at radius 3 is 2.70 bits per heavy atom. The molecule has 1 aromatic heterocycles. The molecule has 0 atom stereocenters. The van der Waals surface area contributed by atoms with Crippen LogP contribution in [0.15, 0.2) is 42.6 Å². The molecule has 0 fully saturated rings. The normalized spacial score (nSPS) is 10.3. The van der Waals surface area contributed by atoms with Gasteiger partial charge in [0.2, 0.25) is 0 Å². The number of hydrogen-bond acceptors (Lipinski definition) is 3. The van der Waals surface area contributed by atoms with Crippen molar-refractivity contribution < 1.29 is 4.79 Å². The second kappa shape index (κ2) is 9.16. The predicted molar refractivity (Wildman–Crippen MR) is 94.9 cm³/mol. The average molecular weight is 332 g/mol. The fourth-order valence-corrected chi connectivity index (χ4v) is 2.34. The van der Waals surface area contributed by atoms with E-state index in [4.69, 9.17) is 11.6 Å². The summed E-state index contributed by atoms with van der Waals surface area (Å²) < 4.78 is 0. The van der Waals surface area contributed by atoms with Gasteiger partial charge in [0.15, 0.2) is 0 Å². The lowest BCUT2D eigenvalue weighted by Gasteiger charge is -2.08. The monoisotopic (exact) mass is 331 g/mol. The van der Waals surface area contributed by atoms with Crippen LogP contribution in [0.3, 0.4) is 0 Å². The smallest absolute Gasteiger partial charge is 0.269 e. The fourth-order valence-electron chi connectivity index (χ4n) is 2.14. The minimum atomic E-state index is -0.126. The van der Waals surface area contributed by atoms with Gasteiger partial charge in [-0.1, -0.05) is 49.6 Å². The molecular formula is C18H22ClN3O. The molecular weight excluding hydrogens is 310 g/mol. The Hall–Kier alpha value is -2.07. The molecule has 0 bridgehead atoms. The van der Waals surface area contributed by atoms with Gasteiger partial charge in [-0.3, -0.25) is 4.79 Å². The molecule has 0 aliphatic heterocycles. The highest BCUT2D eigenvalue weighted by atomic mass is 35.5. The molecule has 1 aromatic carbocycles. The molecule has 122 valence electrons. The highest BCUT2D eigenvalue weighted by Gasteiger charge is 2.06. The summed E-state index contributed by atoms with van der Waals surface area (Å²) in [6.45, 7) is 3.45. The van der Waals surface area contributed by atoms with Crippen LogP contribution in [-0.4, -0.2) is 17.4 Å². The van der Waals surface area contributed by atoms with Crippen LogP contribution in [0.2, 0.25) is 5.02 Å². The quantitative estimate of drug-likeness (QED) is 0.710. The largest absolute Gasteiger partial charge is 0.380 e. The number of aromatic nitrogens is 1. The summed E-state index contributed by atoms with van der Waals surface area (Å²) in [5, 5.41) is 6.86. The predicted octanol–water partition coefficient (Wildman–Crippen LogP) is 4.27. The Labute approximate surface area is 142 Å². The van der Waals surface area contributed by atoms with Gasteiger partial charge in [-0.2, -0.15) is 0 Å². The summed E-state index contributed by atoms with van der Waals surface area (Å²) in [4.78, 5) is 16.1. The summed E-state index contributed by atoms with van der Waals surface area (Å²) in [6.07, 6.45) is 4.93. The number of carbonyl (C=O) groups is 1. The Kier molecular flexibility index (Phi) is 6.88. The molecule has 4 nitrogen and oxygen atoms in total. The van der Waals surface area contributed by atoms with Crippen LogP contribution in [0, 0.1) is 0 Å². The van der Waals surface area contributed by atoms with Crippen molar-refractivity contribution in [3.63, 3.8) is 0 Å². The van der Waals surface area contributed by atoms with E-state index in [0.29, 0.717) is 18.8 Å². The highest BCUT2D eigenvalue weighted by molar-refractivity contribution is 6.31. The molecule has 2 rings (SSSR count). The van der Waals surface area contributed by atoms with Crippen molar-refractivity contribution in [2.45, 2.75) is 32.7 Å². The van der Waals surface area contributed by atoms with Crippen LogP contribution in [0.5, 0.6) is 0 Å². The van der Waals surface area contributed by atoms with Crippen LogP contribution in [0.4, 0.5) is 5.69 Å². The van der Waals surface area contributed by atoms with E-state index in [9.17, 15) is 4.79 Å². The van der Waals surface area contributed by atoms with Crippen molar-refractivity contribution in [2.24, 2.45) is 0 Å². The third kappa shape index (κ3) is 5.57. The molecule has 1 amide bonds.